The Kier molecular flexibility index (Phi) is 7.11. The molecule has 3 rings (SSSR count). The van der Waals surface area contributed by atoms with Crippen LogP contribution < -0.4 is 4.72 Å². The van der Waals surface area contributed by atoms with Gasteiger partial charge in [-0.05, 0) is 41.6 Å². The number of hydrogen-bond acceptors (Lipinski definition) is 4. The molecule has 0 spiro atoms. The van der Waals surface area contributed by atoms with Gasteiger partial charge in [0.25, 0.3) is 0 Å². The Balaban J connectivity index is 1.47. The smallest absolute Gasteiger partial charge is 0.240 e. The maximum Gasteiger partial charge on any atom is 0.240 e. The molecule has 1 saturated heterocycles. The van der Waals surface area contributed by atoms with Gasteiger partial charge in [0, 0.05) is 19.6 Å². The van der Waals surface area contributed by atoms with Gasteiger partial charge >= 0.3 is 0 Å². The lowest BCUT2D eigenvalue weighted by Crippen LogP contribution is -2.39. The third-order valence-electron chi connectivity index (χ3n) is 5.30. The van der Waals surface area contributed by atoms with Crippen LogP contribution in [-0.2, 0) is 20.2 Å². The molecule has 1 aliphatic heterocycles. The van der Waals surface area contributed by atoms with Crippen LogP contribution in [0.1, 0.15) is 44.4 Å². The fraction of sp³-hybridized carbons (Fsp3) is 0.478. The standard InChI is InChI=1S/C23H32N2O3S/c1-23(2,3)20-10-12-21(13-11-20)29(26,27)24-14-7-15-25-16-17-28-22(18-25)19-8-5-4-6-9-19/h4-6,8-13,22,24H,7,14-18H2,1-3H3/t22-/m1/s1. The molecule has 1 atom stereocenters. The van der Waals surface area contributed by atoms with Crippen LogP contribution in [0.2, 0.25) is 0 Å². The Morgan fingerprint density at radius 3 is 2.41 bits per heavy atom. The lowest BCUT2D eigenvalue weighted by Gasteiger charge is -2.33. The van der Waals surface area contributed by atoms with E-state index in [0.29, 0.717) is 18.0 Å². The van der Waals surface area contributed by atoms with Crippen molar-refractivity contribution < 1.29 is 13.2 Å². The lowest BCUT2D eigenvalue weighted by atomic mass is 9.87. The number of nitrogens with zero attached hydrogens (tertiary/aromatic N) is 1. The van der Waals surface area contributed by atoms with Crippen LogP contribution in [0, 0.1) is 0 Å². The Bertz CT molecular complexity index is 875. The van der Waals surface area contributed by atoms with Crippen molar-refractivity contribution in [1.82, 2.24) is 9.62 Å². The number of ether oxygens (including phenoxy) is 1. The number of sulfonamides is 1. The van der Waals surface area contributed by atoms with E-state index in [0.717, 1.165) is 31.6 Å². The Hall–Kier alpha value is -1.73. The first-order valence-corrected chi connectivity index (χ1v) is 11.7. The van der Waals surface area contributed by atoms with Gasteiger partial charge in [-0.25, -0.2) is 13.1 Å². The highest BCUT2D eigenvalue weighted by Crippen LogP contribution is 2.24. The van der Waals surface area contributed by atoms with Crippen molar-refractivity contribution in [2.45, 2.75) is 43.6 Å². The Labute approximate surface area is 175 Å². The number of morpholine rings is 1. The van der Waals surface area contributed by atoms with Crippen molar-refractivity contribution in [3.05, 3.63) is 65.7 Å². The number of rotatable bonds is 7. The van der Waals surface area contributed by atoms with E-state index >= 15 is 0 Å². The quantitative estimate of drug-likeness (QED) is 0.699. The molecule has 1 N–H and O–H groups in total. The highest BCUT2D eigenvalue weighted by Gasteiger charge is 2.22. The first-order valence-electron chi connectivity index (χ1n) is 10.2. The summed E-state index contributed by atoms with van der Waals surface area (Å²) in [5.74, 6) is 0. The molecule has 158 valence electrons. The molecule has 0 saturated carbocycles. The molecule has 6 heteroatoms. The Morgan fingerprint density at radius 1 is 1.07 bits per heavy atom. The van der Waals surface area contributed by atoms with Crippen LogP contribution in [0.25, 0.3) is 0 Å². The van der Waals surface area contributed by atoms with E-state index in [2.05, 4.69) is 42.5 Å². The van der Waals surface area contributed by atoms with Crippen molar-refractivity contribution in [3.8, 4) is 0 Å². The van der Waals surface area contributed by atoms with E-state index < -0.39 is 10.0 Å². The normalized spacial score (nSPS) is 18.7. The minimum atomic E-state index is -3.47. The molecular formula is C23H32N2O3S. The van der Waals surface area contributed by atoms with Gasteiger partial charge in [0.05, 0.1) is 17.6 Å². The van der Waals surface area contributed by atoms with E-state index in [1.807, 2.05) is 30.3 Å². The minimum absolute atomic E-state index is 0.00544. The van der Waals surface area contributed by atoms with Gasteiger partial charge in [0.15, 0.2) is 0 Å². The van der Waals surface area contributed by atoms with Crippen molar-refractivity contribution in [2.75, 3.05) is 32.8 Å². The van der Waals surface area contributed by atoms with Crippen molar-refractivity contribution in [2.24, 2.45) is 0 Å². The molecule has 5 nitrogen and oxygen atoms in total. The maximum absolute atomic E-state index is 12.5. The average molecular weight is 417 g/mol. The average Bonchev–Trinajstić information content (AvgIpc) is 2.72. The molecule has 1 heterocycles. The molecule has 1 fully saturated rings. The molecule has 29 heavy (non-hydrogen) atoms. The van der Waals surface area contributed by atoms with E-state index in [1.165, 1.54) is 5.56 Å². The molecule has 0 amide bonds. The van der Waals surface area contributed by atoms with Crippen LogP contribution in [0.15, 0.2) is 59.5 Å². The van der Waals surface area contributed by atoms with Crippen LogP contribution in [0.3, 0.4) is 0 Å². The number of hydrogen-bond donors (Lipinski definition) is 1. The fourth-order valence-corrected chi connectivity index (χ4v) is 4.58. The lowest BCUT2D eigenvalue weighted by molar-refractivity contribution is -0.0300. The van der Waals surface area contributed by atoms with Crippen molar-refractivity contribution >= 4 is 10.0 Å². The summed E-state index contributed by atoms with van der Waals surface area (Å²) in [6.45, 7) is 10.0. The van der Waals surface area contributed by atoms with Gasteiger partial charge in [0.1, 0.15) is 0 Å². The molecule has 0 aliphatic carbocycles. The predicted molar refractivity (Wildman–Crippen MR) is 117 cm³/mol. The molecule has 2 aromatic rings. The second-order valence-corrected chi connectivity index (χ2v) is 10.4. The molecule has 0 bridgehead atoms. The van der Waals surface area contributed by atoms with Gasteiger partial charge in [-0.3, -0.25) is 4.90 Å². The molecule has 0 radical (unpaired) electrons. The maximum atomic E-state index is 12.5. The van der Waals surface area contributed by atoms with Gasteiger partial charge in [-0.15, -0.1) is 0 Å². The summed E-state index contributed by atoms with van der Waals surface area (Å²) in [6.07, 6.45) is 0.851. The monoisotopic (exact) mass is 416 g/mol. The summed E-state index contributed by atoms with van der Waals surface area (Å²) < 4.78 is 33.7. The molecular weight excluding hydrogens is 384 g/mol. The van der Waals surface area contributed by atoms with Gasteiger partial charge in [-0.2, -0.15) is 0 Å². The van der Waals surface area contributed by atoms with Crippen LogP contribution >= 0.6 is 0 Å². The molecule has 2 aromatic carbocycles. The second kappa shape index (κ2) is 9.39. The summed E-state index contributed by atoms with van der Waals surface area (Å²) in [5.41, 5.74) is 2.32. The Morgan fingerprint density at radius 2 is 1.76 bits per heavy atom. The zero-order valence-electron chi connectivity index (χ0n) is 17.6. The highest BCUT2D eigenvalue weighted by molar-refractivity contribution is 7.89. The molecule has 0 unspecified atom stereocenters. The van der Waals surface area contributed by atoms with E-state index in [9.17, 15) is 8.42 Å². The summed E-state index contributed by atoms with van der Waals surface area (Å²) in [4.78, 5) is 2.66. The summed E-state index contributed by atoms with van der Waals surface area (Å²) >= 11 is 0. The van der Waals surface area contributed by atoms with E-state index in [4.69, 9.17) is 4.74 Å². The zero-order valence-corrected chi connectivity index (χ0v) is 18.4. The SMILES string of the molecule is CC(C)(C)c1ccc(S(=O)(=O)NCCCN2CCO[C@@H](c3ccccc3)C2)cc1. The highest BCUT2D eigenvalue weighted by atomic mass is 32.2. The second-order valence-electron chi connectivity index (χ2n) is 8.60. The van der Waals surface area contributed by atoms with Crippen molar-refractivity contribution in [3.63, 3.8) is 0 Å². The third kappa shape index (κ3) is 6.12. The summed E-state index contributed by atoms with van der Waals surface area (Å²) in [5, 5.41) is 0. The van der Waals surface area contributed by atoms with Crippen LogP contribution in [0.4, 0.5) is 0 Å². The minimum Gasteiger partial charge on any atom is -0.371 e. The van der Waals surface area contributed by atoms with Crippen molar-refractivity contribution in [1.29, 1.82) is 0 Å². The van der Waals surface area contributed by atoms with E-state index in [-0.39, 0.29) is 11.5 Å². The van der Waals surface area contributed by atoms with Gasteiger partial charge < -0.3 is 4.74 Å². The third-order valence-corrected chi connectivity index (χ3v) is 6.77. The predicted octanol–water partition coefficient (Wildman–Crippen LogP) is 3.73. The molecule has 0 aromatic heterocycles. The number of benzene rings is 2. The first kappa shape index (κ1) is 22.0. The van der Waals surface area contributed by atoms with Gasteiger partial charge in [0.2, 0.25) is 10.0 Å². The largest absolute Gasteiger partial charge is 0.371 e. The first-order chi connectivity index (χ1) is 13.8. The number of nitrogens with one attached hydrogen (secondary N) is 1. The zero-order chi connectivity index (χ0) is 20.9. The van der Waals surface area contributed by atoms with E-state index in [1.54, 1.807) is 12.1 Å². The van der Waals surface area contributed by atoms with Gasteiger partial charge in [-0.1, -0.05) is 63.2 Å². The fourth-order valence-electron chi connectivity index (χ4n) is 3.50. The van der Waals surface area contributed by atoms with Crippen LogP contribution in [0.5, 0.6) is 0 Å². The summed E-state index contributed by atoms with van der Waals surface area (Å²) in [7, 11) is -3.47. The van der Waals surface area contributed by atoms with Crippen LogP contribution in [-0.4, -0.2) is 46.1 Å². The molecule has 1 aliphatic rings. The summed E-state index contributed by atoms with van der Waals surface area (Å²) in [6, 6.07) is 17.4. The topological polar surface area (TPSA) is 58.6 Å².